The molecule has 0 radical (unpaired) electrons. The van der Waals surface area contributed by atoms with E-state index in [0.717, 1.165) is 25.1 Å². The molecule has 0 fully saturated rings. The largest absolute Gasteiger partial charge is 0.384 e. The zero-order chi connectivity index (χ0) is 10.2. The molecule has 0 amide bonds. The second-order valence-corrected chi connectivity index (χ2v) is 3.02. The fourth-order valence-electron chi connectivity index (χ4n) is 1.20. The lowest BCUT2D eigenvalue weighted by atomic mass is 10.2. The molecular weight excluding hydrogens is 172 g/mol. The second-order valence-electron chi connectivity index (χ2n) is 3.02. The number of allylic oxidation sites excluding steroid dienone is 1. The minimum atomic E-state index is 0.700. The molecule has 0 aliphatic carbocycles. The SMILES string of the molecule is C=CCCCNc1ccccc1C#N. The minimum absolute atomic E-state index is 0.700. The molecule has 0 aromatic heterocycles. The van der Waals surface area contributed by atoms with Gasteiger partial charge >= 0.3 is 0 Å². The van der Waals surface area contributed by atoms with E-state index < -0.39 is 0 Å². The van der Waals surface area contributed by atoms with Crippen molar-refractivity contribution >= 4 is 5.69 Å². The van der Waals surface area contributed by atoms with Crippen molar-refractivity contribution < 1.29 is 0 Å². The van der Waals surface area contributed by atoms with Gasteiger partial charge in [-0.1, -0.05) is 18.2 Å². The van der Waals surface area contributed by atoms with Crippen LogP contribution in [0.5, 0.6) is 0 Å². The Labute approximate surface area is 84.9 Å². The topological polar surface area (TPSA) is 35.8 Å². The average molecular weight is 186 g/mol. The van der Waals surface area contributed by atoms with E-state index in [9.17, 15) is 0 Å². The Bertz CT molecular complexity index is 336. The maximum Gasteiger partial charge on any atom is 0.101 e. The summed E-state index contributed by atoms with van der Waals surface area (Å²) in [7, 11) is 0. The third-order valence-corrected chi connectivity index (χ3v) is 1.95. The van der Waals surface area contributed by atoms with E-state index in [1.54, 1.807) is 0 Å². The maximum absolute atomic E-state index is 8.81. The number of hydrogen-bond acceptors (Lipinski definition) is 2. The van der Waals surface area contributed by atoms with Gasteiger partial charge in [-0.25, -0.2) is 0 Å². The van der Waals surface area contributed by atoms with E-state index in [4.69, 9.17) is 5.26 Å². The molecule has 1 rings (SSSR count). The molecule has 14 heavy (non-hydrogen) atoms. The Morgan fingerprint density at radius 3 is 2.93 bits per heavy atom. The molecule has 0 aliphatic rings. The lowest BCUT2D eigenvalue weighted by Crippen LogP contribution is -2.02. The Kier molecular flexibility index (Phi) is 4.30. The highest BCUT2D eigenvalue weighted by molar-refractivity contribution is 5.56. The lowest BCUT2D eigenvalue weighted by Gasteiger charge is -2.06. The summed E-state index contributed by atoms with van der Waals surface area (Å²) in [5.74, 6) is 0. The van der Waals surface area contributed by atoms with Crippen molar-refractivity contribution in [2.45, 2.75) is 12.8 Å². The number of nitriles is 1. The van der Waals surface area contributed by atoms with Crippen molar-refractivity contribution in [3.63, 3.8) is 0 Å². The number of nitrogens with one attached hydrogen (secondary N) is 1. The molecule has 1 aromatic rings. The van der Waals surface area contributed by atoms with E-state index in [0.29, 0.717) is 5.56 Å². The summed E-state index contributed by atoms with van der Waals surface area (Å²) >= 11 is 0. The monoisotopic (exact) mass is 186 g/mol. The predicted octanol–water partition coefficient (Wildman–Crippen LogP) is 2.94. The first kappa shape index (κ1) is 10.3. The van der Waals surface area contributed by atoms with E-state index >= 15 is 0 Å². The number of anilines is 1. The van der Waals surface area contributed by atoms with Gasteiger partial charge in [0.1, 0.15) is 6.07 Å². The first-order valence-electron chi connectivity index (χ1n) is 4.72. The fourth-order valence-corrected chi connectivity index (χ4v) is 1.20. The molecule has 0 aliphatic heterocycles. The Morgan fingerprint density at radius 1 is 1.43 bits per heavy atom. The number of rotatable bonds is 5. The maximum atomic E-state index is 8.81. The minimum Gasteiger partial charge on any atom is -0.384 e. The molecular formula is C12H14N2. The summed E-state index contributed by atoms with van der Waals surface area (Å²) in [5, 5.41) is 12.0. The van der Waals surface area contributed by atoms with E-state index in [2.05, 4.69) is 18.0 Å². The third kappa shape index (κ3) is 2.95. The van der Waals surface area contributed by atoms with Crippen molar-refractivity contribution in [1.82, 2.24) is 0 Å². The van der Waals surface area contributed by atoms with Gasteiger partial charge in [-0.15, -0.1) is 6.58 Å². The highest BCUT2D eigenvalue weighted by atomic mass is 14.9. The average Bonchev–Trinajstić information content (AvgIpc) is 2.25. The number of unbranched alkanes of at least 4 members (excludes halogenated alkanes) is 1. The van der Waals surface area contributed by atoms with E-state index in [1.165, 1.54) is 0 Å². The van der Waals surface area contributed by atoms with Gasteiger partial charge in [-0.2, -0.15) is 5.26 Å². The van der Waals surface area contributed by atoms with Gasteiger partial charge in [0.2, 0.25) is 0 Å². The van der Waals surface area contributed by atoms with Crippen LogP contribution in [0.4, 0.5) is 5.69 Å². The van der Waals surface area contributed by atoms with Crippen molar-refractivity contribution in [3.05, 3.63) is 42.5 Å². The van der Waals surface area contributed by atoms with E-state index in [1.807, 2.05) is 30.3 Å². The molecule has 2 nitrogen and oxygen atoms in total. The molecule has 0 bridgehead atoms. The van der Waals surface area contributed by atoms with Crippen LogP contribution in [0.3, 0.4) is 0 Å². The quantitative estimate of drug-likeness (QED) is 0.567. The van der Waals surface area contributed by atoms with E-state index in [-0.39, 0.29) is 0 Å². The molecule has 0 unspecified atom stereocenters. The van der Waals surface area contributed by atoms with Gasteiger partial charge in [0.25, 0.3) is 0 Å². The van der Waals surface area contributed by atoms with Crippen LogP contribution in [-0.2, 0) is 0 Å². The van der Waals surface area contributed by atoms with Crippen molar-refractivity contribution in [3.8, 4) is 6.07 Å². The van der Waals surface area contributed by atoms with Crippen LogP contribution in [0, 0.1) is 11.3 Å². The van der Waals surface area contributed by atoms with Crippen LogP contribution in [0.1, 0.15) is 18.4 Å². The fraction of sp³-hybridized carbons (Fsp3) is 0.250. The highest BCUT2D eigenvalue weighted by Crippen LogP contribution is 2.13. The molecule has 0 heterocycles. The smallest absolute Gasteiger partial charge is 0.101 e. The Balaban J connectivity index is 2.50. The van der Waals surface area contributed by atoms with Crippen LogP contribution < -0.4 is 5.32 Å². The molecule has 0 atom stereocenters. The molecule has 1 aromatic carbocycles. The van der Waals surface area contributed by atoms with Crippen LogP contribution in [0.25, 0.3) is 0 Å². The van der Waals surface area contributed by atoms with Crippen LogP contribution >= 0.6 is 0 Å². The van der Waals surface area contributed by atoms with Gasteiger partial charge in [-0.05, 0) is 25.0 Å². The van der Waals surface area contributed by atoms with Gasteiger partial charge in [0.15, 0.2) is 0 Å². The third-order valence-electron chi connectivity index (χ3n) is 1.95. The molecule has 2 heteroatoms. The first-order valence-corrected chi connectivity index (χ1v) is 4.72. The number of nitrogens with zero attached hydrogens (tertiary/aromatic N) is 1. The summed E-state index contributed by atoms with van der Waals surface area (Å²) in [5.41, 5.74) is 1.62. The first-order chi connectivity index (χ1) is 6.88. The van der Waals surface area contributed by atoms with Gasteiger partial charge in [0, 0.05) is 6.54 Å². The van der Waals surface area contributed by atoms with Crippen molar-refractivity contribution in [2.24, 2.45) is 0 Å². The summed E-state index contributed by atoms with van der Waals surface area (Å²) in [6.07, 6.45) is 3.95. The summed E-state index contributed by atoms with van der Waals surface area (Å²) in [6.45, 7) is 4.54. The van der Waals surface area contributed by atoms with Gasteiger partial charge in [-0.3, -0.25) is 0 Å². The van der Waals surface area contributed by atoms with Crippen LogP contribution in [0.15, 0.2) is 36.9 Å². The number of para-hydroxylation sites is 1. The standard InChI is InChI=1S/C12H14N2/c1-2-3-6-9-14-12-8-5-4-7-11(12)10-13/h2,4-5,7-8,14H,1,3,6,9H2. The van der Waals surface area contributed by atoms with Crippen LogP contribution in [0.2, 0.25) is 0 Å². The molecule has 0 saturated carbocycles. The number of benzene rings is 1. The zero-order valence-corrected chi connectivity index (χ0v) is 8.16. The normalized spacial score (nSPS) is 9.07. The Morgan fingerprint density at radius 2 is 2.21 bits per heavy atom. The molecule has 72 valence electrons. The zero-order valence-electron chi connectivity index (χ0n) is 8.16. The molecule has 1 N–H and O–H groups in total. The van der Waals surface area contributed by atoms with Crippen molar-refractivity contribution in [1.29, 1.82) is 5.26 Å². The number of hydrogen-bond donors (Lipinski definition) is 1. The van der Waals surface area contributed by atoms with Crippen molar-refractivity contribution in [2.75, 3.05) is 11.9 Å². The lowest BCUT2D eigenvalue weighted by molar-refractivity contribution is 0.890. The second kappa shape index (κ2) is 5.82. The molecule has 0 spiro atoms. The summed E-state index contributed by atoms with van der Waals surface area (Å²) in [4.78, 5) is 0. The summed E-state index contributed by atoms with van der Waals surface area (Å²) < 4.78 is 0. The van der Waals surface area contributed by atoms with Gasteiger partial charge in [0.05, 0.1) is 11.3 Å². The van der Waals surface area contributed by atoms with Gasteiger partial charge < -0.3 is 5.32 Å². The molecule has 0 saturated heterocycles. The highest BCUT2D eigenvalue weighted by Gasteiger charge is 1.97. The van der Waals surface area contributed by atoms with Crippen LogP contribution in [-0.4, -0.2) is 6.54 Å². The predicted molar refractivity (Wildman–Crippen MR) is 59.1 cm³/mol. The summed E-state index contributed by atoms with van der Waals surface area (Å²) in [6, 6.07) is 9.69. The Hall–Kier alpha value is -1.75.